The number of rotatable bonds is 4. The Kier molecular flexibility index (Phi) is 4.50. The highest BCUT2D eigenvalue weighted by atomic mass is 16.5. The van der Waals surface area contributed by atoms with Crippen molar-refractivity contribution in [2.45, 2.75) is 52.5 Å². The third-order valence-corrected chi connectivity index (χ3v) is 4.51. The van der Waals surface area contributed by atoms with Gasteiger partial charge in [0, 0.05) is 6.54 Å². The Bertz CT molecular complexity index is 769. The highest BCUT2D eigenvalue weighted by molar-refractivity contribution is 6.03. The molecular formula is C17H22N2O4. The van der Waals surface area contributed by atoms with Gasteiger partial charge in [-0.1, -0.05) is 19.3 Å². The van der Waals surface area contributed by atoms with Crippen molar-refractivity contribution in [1.29, 1.82) is 0 Å². The van der Waals surface area contributed by atoms with Crippen LogP contribution in [0.25, 0.3) is 11.1 Å². The molecule has 124 valence electrons. The van der Waals surface area contributed by atoms with Crippen molar-refractivity contribution >= 4 is 17.1 Å². The number of carbonyl (C=O) groups excluding carboxylic acids is 1. The van der Waals surface area contributed by atoms with Crippen LogP contribution in [0.3, 0.4) is 0 Å². The number of hydrogen-bond acceptors (Lipinski definition) is 5. The van der Waals surface area contributed by atoms with Crippen molar-refractivity contribution in [2.24, 2.45) is 5.92 Å². The standard InChI is InChI=1S/C17H22N2O4/c1-3-22-17(21)13-11(2)23-15-14(13)16(20)19(10-18-15)9-12-7-5-4-6-8-12/h10,12H,3-9H2,1-2H3. The SMILES string of the molecule is CCOC(=O)c1c(C)oc2ncn(CC3CCCCC3)c(=O)c12. The lowest BCUT2D eigenvalue weighted by Gasteiger charge is -2.21. The molecule has 0 saturated heterocycles. The fourth-order valence-corrected chi connectivity index (χ4v) is 3.36. The van der Waals surface area contributed by atoms with Crippen LogP contribution in [0.2, 0.25) is 0 Å². The molecule has 0 spiro atoms. The van der Waals surface area contributed by atoms with E-state index in [1.165, 1.54) is 25.6 Å². The highest BCUT2D eigenvalue weighted by Crippen LogP contribution is 2.25. The lowest BCUT2D eigenvalue weighted by Crippen LogP contribution is -2.26. The minimum atomic E-state index is -0.530. The van der Waals surface area contributed by atoms with Crippen LogP contribution in [-0.4, -0.2) is 22.1 Å². The van der Waals surface area contributed by atoms with Crippen LogP contribution in [0.4, 0.5) is 0 Å². The molecule has 0 aromatic carbocycles. The summed E-state index contributed by atoms with van der Waals surface area (Å²) in [5.74, 6) is 0.344. The molecule has 0 bridgehead atoms. The minimum Gasteiger partial charge on any atom is -0.462 e. The molecule has 0 atom stereocenters. The molecular weight excluding hydrogens is 296 g/mol. The van der Waals surface area contributed by atoms with Gasteiger partial charge in [0.25, 0.3) is 5.56 Å². The summed E-state index contributed by atoms with van der Waals surface area (Å²) in [5, 5.41) is 0.235. The average Bonchev–Trinajstić information content (AvgIpc) is 2.88. The van der Waals surface area contributed by atoms with E-state index in [9.17, 15) is 9.59 Å². The van der Waals surface area contributed by atoms with E-state index in [1.807, 2.05) is 0 Å². The van der Waals surface area contributed by atoms with E-state index in [-0.39, 0.29) is 28.8 Å². The summed E-state index contributed by atoms with van der Waals surface area (Å²) < 4.78 is 12.1. The van der Waals surface area contributed by atoms with E-state index in [1.54, 1.807) is 18.4 Å². The van der Waals surface area contributed by atoms with Crippen LogP contribution >= 0.6 is 0 Å². The average molecular weight is 318 g/mol. The topological polar surface area (TPSA) is 74.3 Å². The number of hydrogen-bond donors (Lipinski definition) is 0. The zero-order valence-electron chi connectivity index (χ0n) is 13.6. The van der Waals surface area contributed by atoms with Crippen molar-refractivity contribution in [3.8, 4) is 0 Å². The summed E-state index contributed by atoms with van der Waals surface area (Å²) in [6, 6.07) is 0. The maximum Gasteiger partial charge on any atom is 0.342 e. The molecule has 23 heavy (non-hydrogen) atoms. The molecule has 3 rings (SSSR count). The first kappa shape index (κ1) is 15.8. The first-order valence-electron chi connectivity index (χ1n) is 8.27. The van der Waals surface area contributed by atoms with E-state index < -0.39 is 5.97 Å². The highest BCUT2D eigenvalue weighted by Gasteiger charge is 2.24. The van der Waals surface area contributed by atoms with E-state index >= 15 is 0 Å². The molecule has 1 aliphatic carbocycles. The predicted octanol–water partition coefficient (Wildman–Crippen LogP) is 3.05. The monoisotopic (exact) mass is 318 g/mol. The van der Waals surface area contributed by atoms with E-state index in [2.05, 4.69) is 4.98 Å². The number of aryl methyl sites for hydroxylation is 1. The molecule has 1 aliphatic rings. The summed E-state index contributed by atoms with van der Waals surface area (Å²) in [6.07, 6.45) is 7.51. The number of esters is 1. The largest absolute Gasteiger partial charge is 0.462 e. The van der Waals surface area contributed by atoms with Gasteiger partial charge < -0.3 is 9.15 Å². The second kappa shape index (κ2) is 6.56. The zero-order chi connectivity index (χ0) is 16.4. The maximum absolute atomic E-state index is 12.8. The molecule has 0 N–H and O–H groups in total. The number of fused-ring (bicyclic) bond motifs is 1. The van der Waals surface area contributed by atoms with Gasteiger partial charge in [-0.2, -0.15) is 0 Å². The second-order valence-electron chi connectivity index (χ2n) is 6.14. The second-order valence-corrected chi connectivity index (χ2v) is 6.14. The van der Waals surface area contributed by atoms with Crippen LogP contribution in [-0.2, 0) is 11.3 Å². The van der Waals surface area contributed by atoms with Crippen molar-refractivity contribution in [3.05, 3.63) is 28.0 Å². The van der Waals surface area contributed by atoms with Crippen LogP contribution in [0.5, 0.6) is 0 Å². The molecule has 1 saturated carbocycles. The Morgan fingerprint density at radius 3 is 2.83 bits per heavy atom. The van der Waals surface area contributed by atoms with Gasteiger partial charge in [-0.15, -0.1) is 0 Å². The van der Waals surface area contributed by atoms with Crippen LogP contribution in [0, 0.1) is 12.8 Å². The van der Waals surface area contributed by atoms with Gasteiger partial charge in [-0.25, -0.2) is 9.78 Å². The van der Waals surface area contributed by atoms with Gasteiger partial charge in [0.1, 0.15) is 23.0 Å². The molecule has 0 radical (unpaired) electrons. The Balaban J connectivity index is 2.01. The van der Waals surface area contributed by atoms with Crippen LogP contribution < -0.4 is 5.56 Å². The molecule has 1 fully saturated rings. The summed E-state index contributed by atoms with van der Waals surface area (Å²) >= 11 is 0. The van der Waals surface area contributed by atoms with E-state index in [0.29, 0.717) is 18.2 Å². The predicted molar refractivity (Wildman–Crippen MR) is 85.5 cm³/mol. The van der Waals surface area contributed by atoms with Crippen LogP contribution in [0.1, 0.15) is 55.1 Å². The van der Waals surface area contributed by atoms with E-state index in [0.717, 1.165) is 12.8 Å². The summed E-state index contributed by atoms with van der Waals surface area (Å²) in [7, 11) is 0. The Labute approximate surface area is 134 Å². The third kappa shape index (κ3) is 3.02. The molecule has 0 aliphatic heterocycles. The van der Waals surface area contributed by atoms with Crippen molar-refractivity contribution in [2.75, 3.05) is 6.61 Å². The summed E-state index contributed by atoms with van der Waals surface area (Å²) in [4.78, 5) is 29.2. The third-order valence-electron chi connectivity index (χ3n) is 4.51. The van der Waals surface area contributed by atoms with Gasteiger partial charge in [0.05, 0.1) is 6.61 Å². The maximum atomic E-state index is 12.8. The molecule has 2 aromatic rings. The Morgan fingerprint density at radius 2 is 2.13 bits per heavy atom. The fourth-order valence-electron chi connectivity index (χ4n) is 3.36. The number of ether oxygens (including phenoxy) is 1. The number of furan rings is 1. The normalized spacial score (nSPS) is 15.9. The number of carbonyl (C=O) groups is 1. The Hall–Kier alpha value is -2.11. The molecule has 2 aromatic heterocycles. The first-order valence-corrected chi connectivity index (χ1v) is 8.27. The van der Waals surface area contributed by atoms with E-state index in [4.69, 9.17) is 9.15 Å². The van der Waals surface area contributed by atoms with Gasteiger partial charge in [0.15, 0.2) is 0 Å². The van der Waals surface area contributed by atoms with Gasteiger partial charge >= 0.3 is 5.97 Å². The molecule has 2 heterocycles. The molecule has 6 nitrogen and oxygen atoms in total. The number of nitrogens with zero attached hydrogens (tertiary/aromatic N) is 2. The minimum absolute atomic E-state index is 0.204. The van der Waals surface area contributed by atoms with Crippen LogP contribution in [0.15, 0.2) is 15.5 Å². The smallest absolute Gasteiger partial charge is 0.342 e. The van der Waals surface area contributed by atoms with Crippen molar-refractivity contribution in [3.63, 3.8) is 0 Å². The van der Waals surface area contributed by atoms with Crippen molar-refractivity contribution < 1.29 is 13.9 Å². The van der Waals surface area contributed by atoms with Crippen molar-refractivity contribution in [1.82, 2.24) is 9.55 Å². The number of aromatic nitrogens is 2. The van der Waals surface area contributed by atoms with Gasteiger partial charge in [-0.3, -0.25) is 9.36 Å². The molecule has 6 heteroatoms. The Morgan fingerprint density at radius 1 is 1.39 bits per heavy atom. The zero-order valence-corrected chi connectivity index (χ0v) is 13.6. The van der Waals surface area contributed by atoms with Gasteiger partial charge in [-0.05, 0) is 32.6 Å². The lowest BCUT2D eigenvalue weighted by molar-refractivity contribution is 0.0526. The quantitative estimate of drug-likeness (QED) is 0.810. The summed E-state index contributed by atoms with van der Waals surface area (Å²) in [5.41, 5.74) is 0.188. The molecule has 0 amide bonds. The first-order chi connectivity index (χ1) is 11.1. The summed E-state index contributed by atoms with van der Waals surface area (Å²) in [6.45, 7) is 4.28. The lowest BCUT2D eigenvalue weighted by atomic mass is 9.89. The van der Waals surface area contributed by atoms with Gasteiger partial charge in [0.2, 0.25) is 5.71 Å². The fraction of sp³-hybridized carbons (Fsp3) is 0.588. The molecule has 0 unspecified atom stereocenters.